The topological polar surface area (TPSA) is 71.1 Å². The molecule has 156 valence electrons. The fraction of sp³-hybridized carbons (Fsp3) is 0.889. The van der Waals surface area contributed by atoms with Crippen LogP contribution in [0, 0.1) is 0 Å². The highest BCUT2D eigenvalue weighted by molar-refractivity contribution is 7.33. The molecule has 0 heterocycles. The zero-order valence-electron chi connectivity index (χ0n) is 17.2. The monoisotopic (exact) mass is 414 g/mol. The summed E-state index contributed by atoms with van der Waals surface area (Å²) in [5.74, 6) is 0. The van der Waals surface area contributed by atoms with E-state index in [1.807, 2.05) is 0 Å². The maximum Gasteiger partial charge on any atom is 0.697 e. The van der Waals surface area contributed by atoms with Gasteiger partial charge in [0, 0.05) is 9.13 Å². The quantitative estimate of drug-likeness (QED) is 0.149. The van der Waals surface area contributed by atoms with Crippen LogP contribution in [0.3, 0.4) is 0 Å². The Balaban J connectivity index is -0.000000371. The van der Waals surface area contributed by atoms with Crippen molar-refractivity contribution < 1.29 is 27.2 Å². The molecular formula is C18H40O6P2+2. The zero-order chi connectivity index (χ0) is 20.5. The van der Waals surface area contributed by atoms with Gasteiger partial charge >= 0.3 is 16.5 Å². The minimum Gasteiger partial charge on any atom is -0.119 e. The SMILES string of the molecule is C=C.CCCCO[P+](=O)OCCCC.CCCCO[P+](=O)OCCCC. The van der Waals surface area contributed by atoms with Gasteiger partial charge in [-0.1, -0.05) is 53.4 Å². The average molecular weight is 414 g/mol. The Kier molecular flexibility index (Phi) is 34.7. The van der Waals surface area contributed by atoms with Crippen LogP contribution in [0.2, 0.25) is 0 Å². The van der Waals surface area contributed by atoms with E-state index in [9.17, 15) is 9.13 Å². The molecule has 0 aromatic carbocycles. The standard InChI is InChI=1S/2C8H18O3P.C2H4/c2*1-3-5-7-10-12(9)11-8-6-4-2;1-2/h2*3-8H2,1-2H3;1-2H2/q2*+1;. The molecule has 0 radical (unpaired) electrons. The van der Waals surface area contributed by atoms with Gasteiger partial charge in [0.15, 0.2) is 0 Å². The molecule has 0 aromatic rings. The fourth-order valence-corrected chi connectivity index (χ4v) is 2.47. The Labute approximate surface area is 162 Å². The van der Waals surface area contributed by atoms with Crippen LogP contribution in [0.5, 0.6) is 0 Å². The number of rotatable bonds is 16. The first-order chi connectivity index (χ1) is 12.6. The number of unbranched alkanes of at least 4 members (excludes halogenated alkanes) is 4. The van der Waals surface area contributed by atoms with Crippen molar-refractivity contribution in [3.05, 3.63) is 13.2 Å². The summed E-state index contributed by atoms with van der Waals surface area (Å²) >= 11 is 0. The van der Waals surface area contributed by atoms with Crippen LogP contribution in [0.4, 0.5) is 0 Å². The second-order valence-corrected chi connectivity index (χ2v) is 7.12. The molecule has 0 atom stereocenters. The summed E-state index contributed by atoms with van der Waals surface area (Å²) in [5.41, 5.74) is 0. The second-order valence-electron chi connectivity index (χ2n) is 5.19. The molecule has 0 aliphatic heterocycles. The van der Waals surface area contributed by atoms with Crippen LogP contribution >= 0.6 is 16.5 Å². The van der Waals surface area contributed by atoms with Gasteiger partial charge in [-0.15, -0.1) is 31.3 Å². The summed E-state index contributed by atoms with van der Waals surface area (Å²) in [5, 5.41) is 0. The van der Waals surface area contributed by atoms with Crippen molar-refractivity contribution in [2.75, 3.05) is 26.4 Å². The van der Waals surface area contributed by atoms with Crippen LogP contribution in [0.25, 0.3) is 0 Å². The van der Waals surface area contributed by atoms with E-state index in [-0.39, 0.29) is 0 Å². The molecule has 0 N–H and O–H groups in total. The van der Waals surface area contributed by atoms with E-state index >= 15 is 0 Å². The van der Waals surface area contributed by atoms with Crippen molar-refractivity contribution in [3.8, 4) is 0 Å². The van der Waals surface area contributed by atoms with E-state index in [0.717, 1.165) is 51.4 Å². The molecule has 0 amide bonds. The molecule has 0 aliphatic carbocycles. The molecule has 0 aliphatic rings. The van der Waals surface area contributed by atoms with Gasteiger partial charge in [-0.25, -0.2) is 0 Å². The smallest absolute Gasteiger partial charge is 0.119 e. The molecule has 0 saturated heterocycles. The minimum absolute atomic E-state index is 0.540. The van der Waals surface area contributed by atoms with Crippen molar-refractivity contribution in [1.82, 2.24) is 0 Å². The van der Waals surface area contributed by atoms with Crippen LogP contribution in [-0.4, -0.2) is 26.4 Å². The predicted molar refractivity (Wildman–Crippen MR) is 110 cm³/mol. The first-order valence-electron chi connectivity index (χ1n) is 9.58. The molecule has 0 spiro atoms. The van der Waals surface area contributed by atoms with Gasteiger partial charge in [0.2, 0.25) is 0 Å². The summed E-state index contributed by atoms with van der Waals surface area (Å²) < 4.78 is 41.5. The molecule has 0 bridgehead atoms. The lowest BCUT2D eigenvalue weighted by molar-refractivity contribution is 0.220. The van der Waals surface area contributed by atoms with Crippen molar-refractivity contribution in [2.45, 2.75) is 79.1 Å². The molecule has 6 nitrogen and oxygen atoms in total. The van der Waals surface area contributed by atoms with Gasteiger partial charge in [0.1, 0.15) is 26.4 Å². The maximum absolute atomic E-state index is 10.9. The molecule has 0 saturated carbocycles. The minimum atomic E-state index is -1.85. The third kappa shape index (κ3) is 31.5. The Morgan fingerprint density at radius 2 is 0.731 bits per heavy atom. The van der Waals surface area contributed by atoms with E-state index in [0.29, 0.717) is 26.4 Å². The fourth-order valence-electron chi connectivity index (χ4n) is 1.21. The summed E-state index contributed by atoms with van der Waals surface area (Å²) in [7, 11) is -3.71. The molecule has 8 heteroatoms. The van der Waals surface area contributed by atoms with Crippen molar-refractivity contribution >= 4 is 16.5 Å². The summed E-state index contributed by atoms with van der Waals surface area (Å²) in [6.45, 7) is 16.4. The lowest BCUT2D eigenvalue weighted by Gasteiger charge is -1.89. The summed E-state index contributed by atoms with van der Waals surface area (Å²) in [4.78, 5) is 0. The lowest BCUT2D eigenvalue weighted by Crippen LogP contribution is -1.90. The molecule has 0 fully saturated rings. The number of hydrogen-bond donors (Lipinski definition) is 0. The largest absolute Gasteiger partial charge is 0.697 e. The Morgan fingerprint density at radius 3 is 0.885 bits per heavy atom. The van der Waals surface area contributed by atoms with Gasteiger partial charge in [-0.3, -0.25) is 0 Å². The molecule has 0 unspecified atom stereocenters. The summed E-state index contributed by atoms with van der Waals surface area (Å²) in [6.07, 6.45) is 7.99. The Morgan fingerprint density at radius 1 is 0.538 bits per heavy atom. The third-order valence-corrected chi connectivity index (χ3v) is 4.35. The zero-order valence-corrected chi connectivity index (χ0v) is 19.0. The van der Waals surface area contributed by atoms with E-state index < -0.39 is 16.5 Å². The highest BCUT2D eigenvalue weighted by atomic mass is 31.1. The first-order valence-corrected chi connectivity index (χ1v) is 11.8. The third-order valence-electron chi connectivity index (χ3n) is 2.78. The van der Waals surface area contributed by atoms with Crippen molar-refractivity contribution in [2.24, 2.45) is 0 Å². The Hall–Kier alpha value is -0.220. The lowest BCUT2D eigenvalue weighted by atomic mass is 10.4. The van der Waals surface area contributed by atoms with Crippen LogP contribution < -0.4 is 0 Å². The predicted octanol–water partition coefficient (Wildman–Crippen LogP) is 7.36. The first kappa shape index (κ1) is 30.5. The van der Waals surface area contributed by atoms with Gasteiger partial charge in [-0.2, -0.15) is 0 Å². The van der Waals surface area contributed by atoms with Crippen molar-refractivity contribution in [1.29, 1.82) is 0 Å². The van der Waals surface area contributed by atoms with Gasteiger partial charge in [0.05, 0.1) is 0 Å². The van der Waals surface area contributed by atoms with Crippen LogP contribution in [-0.2, 0) is 27.2 Å². The number of hydrogen-bond acceptors (Lipinski definition) is 6. The van der Waals surface area contributed by atoms with Crippen LogP contribution in [0.1, 0.15) is 79.1 Å². The summed E-state index contributed by atoms with van der Waals surface area (Å²) in [6, 6.07) is 0. The van der Waals surface area contributed by atoms with E-state index in [1.54, 1.807) is 0 Å². The van der Waals surface area contributed by atoms with E-state index in [1.165, 1.54) is 0 Å². The molecular weight excluding hydrogens is 374 g/mol. The van der Waals surface area contributed by atoms with E-state index in [4.69, 9.17) is 18.1 Å². The van der Waals surface area contributed by atoms with Crippen molar-refractivity contribution in [3.63, 3.8) is 0 Å². The average Bonchev–Trinajstić information content (AvgIpc) is 2.65. The van der Waals surface area contributed by atoms with Gasteiger partial charge < -0.3 is 0 Å². The highest BCUT2D eigenvalue weighted by Gasteiger charge is 2.19. The van der Waals surface area contributed by atoms with Gasteiger partial charge in [0.25, 0.3) is 0 Å². The highest BCUT2D eigenvalue weighted by Crippen LogP contribution is 2.24. The van der Waals surface area contributed by atoms with Crippen LogP contribution in [0.15, 0.2) is 13.2 Å². The molecule has 0 rings (SSSR count). The Bertz CT molecular complexity index is 251. The maximum atomic E-state index is 10.9. The molecule has 0 aromatic heterocycles. The second kappa shape index (κ2) is 29.5. The van der Waals surface area contributed by atoms with E-state index in [2.05, 4.69) is 40.9 Å². The van der Waals surface area contributed by atoms with Gasteiger partial charge in [-0.05, 0) is 25.7 Å². The normalized spacial score (nSPS) is 9.54. The molecule has 26 heavy (non-hydrogen) atoms.